The highest BCUT2D eigenvalue weighted by molar-refractivity contribution is 5.82. The standard InChI is InChI=1S/C11H20N4O/c1-4-7(2)9(12)11(16)15-8(3)10-13-5-6-14-10/h5-9H,4,12H2,1-3H3,(H,13,14)(H,15,16). The van der Waals surface area contributed by atoms with Crippen molar-refractivity contribution < 1.29 is 4.79 Å². The highest BCUT2D eigenvalue weighted by Gasteiger charge is 2.21. The second kappa shape index (κ2) is 5.65. The SMILES string of the molecule is CCC(C)C(N)C(=O)NC(C)c1ncc[nH]1. The lowest BCUT2D eigenvalue weighted by atomic mass is 9.99. The van der Waals surface area contributed by atoms with E-state index in [0.29, 0.717) is 0 Å². The van der Waals surface area contributed by atoms with Crippen LogP contribution in [-0.4, -0.2) is 21.9 Å². The van der Waals surface area contributed by atoms with Gasteiger partial charge in [0.1, 0.15) is 5.82 Å². The van der Waals surface area contributed by atoms with Crippen LogP contribution in [0.4, 0.5) is 0 Å². The molecule has 0 aliphatic rings. The first-order chi connectivity index (χ1) is 7.56. The van der Waals surface area contributed by atoms with E-state index in [1.54, 1.807) is 12.4 Å². The zero-order valence-corrected chi connectivity index (χ0v) is 10.0. The minimum atomic E-state index is -0.456. The summed E-state index contributed by atoms with van der Waals surface area (Å²) in [5.41, 5.74) is 5.83. The van der Waals surface area contributed by atoms with Gasteiger partial charge in [0.2, 0.25) is 5.91 Å². The molecule has 5 heteroatoms. The van der Waals surface area contributed by atoms with Crippen LogP contribution in [0.25, 0.3) is 0 Å². The van der Waals surface area contributed by atoms with Crippen molar-refractivity contribution in [1.29, 1.82) is 0 Å². The van der Waals surface area contributed by atoms with Gasteiger partial charge in [-0.3, -0.25) is 4.79 Å². The second-order valence-corrected chi connectivity index (χ2v) is 4.12. The van der Waals surface area contributed by atoms with E-state index < -0.39 is 6.04 Å². The quantitative estimate of drug-likeness (QED) is 0.696. The predicted molar refractivity (Wildman–Crippen MR) is 62.6 cm³/mol. The summed E-state index contributed by atoms with van der Waals surface area (Å²) >= 11 is 0. The highest BCUT2D eigenvalue weighted by atomic mass is 16.2. The van der Waals surface area contributed by atoms with E-state index in [4.69, 9.17) is 5.73 Å². The van der Waals surface area contributed by atoms with Crippen molar-refractivity contribution in [2.45, 2.75) is 39.3 Å². The molecule has 0 fully saturated rings. The maximum absolute atomic E-state index is 11.8. The molecule has 4 N–H and O–H groups in total. The third-order valence-electron chi connectivity index (χ3n) is 2.85. The lowest BCUT2D eigenvalue weighted by Gasteiger charge is -2.20. The third kappa shape index (κ3) is 3.06. The molecule has 0 aliphatic carbocycles. The Labute approximate surface area is 95.8 Å². The molecular weight excluding hydrogens is 204 g/mol. The van der Waals surface area contributed by atoms with Crippen LogP contribution >= 0.6 is 0 Å². The van der Waals surface area contributed by atoms with Gasteiger partial charge < -0.3 is 16.0 Å². The molecule has 0 aromatic carbocycles. The molecule has 1 aromatic heterocycles. The molecule has 90 valence electrons. The van der Waals surface area contributed by atoms with Crippen LogP contribution in [-0.2, 0) is 4.79 Å². The molecule has 16 heavy (non-hydrogen) atoms. The van der Waals surface area contributed by atoms with Crippen LogP contribution in [0, 0.1) is 5.92 Å². The summed E-state index contributed by atoms with van der Waals surface area (Å²) in [5, 5.41) is 2.84. The van der Waals surface area contributed by atoms with Crippen molar-refractivity contribution in [3.63, 3.8) is 0 Å². The van der Waals surface area contributed by atoms with Gasteiger partial charge in [0.05, 0.1) is 12.1 Å². The van der Waals surface area contributed by atoms with E-state index >= 15 is 0 Å². The van der Waals surface area contributed by atoms with E-state index in [-0.39, 0.29) is 17.9 Å². The first-order valence-electron chi connectivity index (χ1n) is 5.61. The summed E-state index contributed by atoms with van der Waals surface area (Å²) in [6.45, 7) is 5.87. The van der Waals surface area contributed by atoms with Gasteiger partial charge in [-0.05, 0) is 12.8 Å². The monoisotopic (exact) mass is 224 g/mol. The number of nitrogens with one attached hydrogen (secondary N) is 2. The van der Waals surface area contributed by atoms with E-state index in [9.17, 15) is 4.79 Å². The van der Waals surface area contributed by atoms with Crippen LogP contribution in [0.3, 0.4) is 0 Å². The number of rotatable bonds is 5. The Morgan fingerprint density at radius 3 is 2.81 bits per heavy atom. The molecular formula is C11H20N4O. The highest BCUT2D eigenvalue weighted by Crippen LogP contribution is 2.09. The number of H-pyrrole nitrogens is 1. The molecule has 0 saturated heterocycles. The molecule has 0 bridgehead atoms. The van der Waals surface area contributed by atoms with Gasteiger partial charge in [-0.25, -0.2) is 4.98 Å². The fourth-order valence-corrected chi connectivity index (χ4v) is 1.40. The largest absolute Gasteiger partial charge is 0.347 e. The molecule has 5 nitrogen and oxygen atoms in total. The van der Waals surface area contributed by atoms with E-state index in [1.165, 1.54) is 0 Å². The smallest absolute Gasteiger partial charge is 0.237 e. The van der Waals surface area contributed by atoms with Crippen molar-refractivity contribution in [3.8, 4) is 0 Å². The normalized spacial score (nSPS) is 16.5. The fraction of sp³-hybridized carbons (Fsp3) is 0.636. The zero-order chi connectivity index (χ0) is 12.1. The molecule has 0 aliphatic heterocycles. The van der Waals surface area contributed by atoms with Crippen LogP contribution in [0.15, 0.2) is 12.4 Å². The molecule has 1 amide bonds. The number of imidazole rings is 1. The molecule has 1 rings (SSSR count). The number of amides is 1. The number of hydrogen-bond donors (Lipinski definition) is 3. The summed E-state index contributed by atoms with van der Waals surface area (Å²) in [6.07, 6.45) is 4.28. The zero-order valence-electron chi connectivity index (χ0n) is 10.0. The maximum Gasteiger partial charge on any atom is 0.237 e. The summed E-state index contributed by atoms with van der Waals surface area (Å²) in [6, 6.07) is -0.597. The second-order valence-electron chi connectivity index (χ2n) is 4.12. The topological polar surface area (TPSA) is 83.8 Å². The Balaban J connectivity index is 2.51. The van der Waals surface area contributed by atoms with Crippen molar-refractivity contribution in [3.05, 3.63) is 18.2 Å². The summed E-state index contributed by atoms with van der Waals surface area (Å²) < 4.78 is 0. The number of aromatic amines is 1. The number of aromatic nitrogens is 2. The molecule has 1 aromatic rings. The maximum atomic E-state index is 11.8. The number of carbonyl (C=O) groups excluding carboxylic acids is 1. The van der Waals surface area contributed by atoms with Crippen LogP contribution in [0.2, 0.25) is 0 Å². The van der Waals surface area contributed by atoms with Crippen molar-refractivity contribution >= 4 is 5.91 Å². The average molecular weight is 224 g/mol. The average Bonchev–Trinajstić information content (AvgIpc) is 2.80. The van der Waals surface area contributed by atoms with E-state index in [1.807, 2.05) is 20.8 Å². The van der Waals surface area contributed by atoms with Gasteiger partial charge in [-0.2, -0.15) is 0 Å². The van der Waals surface area contributed by atoms with E-state index in [0.717, 1.165) is 12.2 Å². The number of nitrogens with zero attached hydrogens (tertiary/aromatic N) is 1. The summed E-state index contributed by atoms with van der Waals surface area (Å²) in [4.78, 5) is 18.8. The Bertz CT molecular complexity index is 323. The lowest BCUT2D eigenvalue weighted by Crippen LogP contribution is -2.45. The van der Waals surface area contributed by atoms with Crippen LogP contribution in [0.1, 0.15) is 39.1 Å². The predicted octanol–water partition coefficient (Wildman–Crippen LogP) is 0.960. The molecule has 0 radical (unpaired) electrons. The van der Waals surface area contributed by atoms with Gasteiger partial charge in [-0.1, -0.05) is 20.3 Å². The van der Waals surface area contributed by atoms with Gasteiger partial charge in [-0.15, -0.1) is 0 Å². The summed E-state index contributed by atoms with van der Waals surface area (Å²) in [7, 11) is 0. The third-order valence-corrected chi connectivity index (χ3v) is 2.85. The van der Waals surface area contributed by atoms with Crippen molar-refractivity contribution in [2.75, 3.05) is 0 Å². The van der Waals surface area contributed by atoms with Crippen LogP contribution in [0.5, 0.6) is 0 Å². The van der Waals surface area contributed by atoms with Gasteiger partial charge >= 0.3 is 0 Å². The molecule has 3 atom stereocenters. The molecule has 0 spiro atoms. The van der Waals surface area contributed by atoms with Gasteiger partial charge in [0.15, 0.2) is 0 Å². The van der Waals surface area contributed by atoms with Crippen LogP contribution < -0.4 is 11.1 Å². The van der Waals surface area contributed by atoms with Gasteiger partial charge in [0, 0.05) is 12.4 Å². The fourth-order valence-electron chi connectivity index (χ4n) is 1.40. The Morgan fingerprint density at radius 2 is 2.31 bits per heavy atom. The van der Waals surface area contributed by atoms with Crippen molar-refractivity contribution in [1.82, 2.24) is 15.3 Å². The molecule has 1 heterocycles. The Morgan fingerprint density at radius 1 is 1.62 bits per heavy atom. The minimum absolute atomic E-state index is 0.127. The molecule has 3 unspecified atom stereocenters. The van der Waals surface area contributed by atoms with Gasteiger partial charge in [0.25, 0.3) is 0 Å². The minimum Gasteiger partial charge on any atom is -0.347 e. The first kappa shape index (κ1) is 12.7. The molecule has 0 saturated carbocycles. The van der Waals surface area contributed by atoms with E-state index in [2.05, 4.69) is 15.3 Å². The lowest BCUT2D eigenvalue weighted by molar-refractivity contribution is -0.124. The van der Waals surface area contributed by atoms with Crippen molar-refractivity contribution in [2.24, 2.45) is 11.7 Å². The summed E-state index contributed by atoms with van der Waals surface area (Å²) in [5.74, 6) is 0.798. The number of hydrogen-bond acceptors (Lipinski definition) is 3. The number of nitrogens with two attached hydrogens (primary N) is 1. The first-order valence-corrected chi connectivity index (χ1v) is 5.61. The Hall–Kier alpha value is -1.36. The number of carbonyl (C=O) groups is 1. The Kier molecular flexibility index (Phi) is 4.49.